The molecule has 0 aliphatic heterocycles. The van der Waals surface area contributed by atoms with Gasteiger partial charge in [0, 0.05) is 18.7 Å². The summed E-state index contributed by atoms with van der Waals surface area (Å²) in [6.07, 6.45) is -5.37. The molecule has 0 aliphatic rings. The first-order chi connectivity index (χ1) is 17.1. The molecule has 0 spiro atoms. The van der Waals surface area contributed by atoms with Crippen LogP contribution in [-0.2, 0) is 24.6 Å². The van der Waals surface area contributed by atoms with Gasteiger partial charge in [0.2, 0.25) is 0 Å². The number of halogens is 8. The van der Waals surface area contributed by atoms with Crippen LogP contribution in [-0.4, -0.2) is 17.4 Å². The van der Waals surface area contributed by atoms with E-state index in [4.69, 9.17) is 11.6 Å². The van der Waals surface area contributed by atoms with Crippen LogP contribution in [0.3, 0.4) is 0 Å². The number of benzene rings is 3. The molecule has 0 aromatic heterocycles. The quantitative estimate of drug-likeness (QED) is 0.226. The number of hydrogen-bond acceptors (Lipinski definition) is 1. The first-order valence-corrected chi connectivity index (χ1v) is 11.5. The minimum atomic E-state index is -5.10. The molecule has 0 heterocycles. The molecule has 2 nitrogen and oxygen atoms in total. The van der Waals surface area contributed by atoms with Crippen LogP contribution in [0.2, 0.25) is 5.02 Å². The van der Waals surface area contributed by atoms with Crippen molar-refractivity contribution in [2.45, 2.75) is 45.3 Å². The van der Waals surface area contributed by atoms with E-state index in [9.17, 15) is 35.5 Å². The highest BCUT2D eigenvalue weighted by Gasteiger charge is 2.36. The lowest BCUT2D eigenvalue weighted by Crippen LogP contribution is -2.33. The van der Waals surface area contributed by atoms with Gasteiger partial charge in [0.15, 0.2) is 23.3 Å². The SMILES string of the molecule is CC(C)(C)c1ccc(CN(CCc2ccc(F)c(F)c2F)C(=O)c2cc(Cl)c(F)c(C(F)(F)F)c2)cc1. The van der Waals surface area contributed by atoms with E-state index >= 15 is 0 Å². The molecule has 1 amide bonds. The lowest BCUT2D eigenvalue weighted by Gasteiger charge is -2.25. The Bertz CT molecular complexity index is 1300. The smallest absolute Gasteiger partial charge is 0.334 e. The van der Waals surface area contributed by atoms with Gasteiger partial charge < -0.3 is 4.90 Å². The summed E-state index contributed by atoms with van der Waals surface area (Å²) in [6, 6.07) is 10.0. The summed E-state index contributed by atoms with van der Waals surface area (Å²) in [5, 5.41) is -0.890. The summed E-state index contributed by atoms with van der Waals surface area (Å²) in [6.45, 7) is 5.64. The Hall–Kier alpha value is -3.07. The fraction of sp³-hybridized carbons (Fsp3) is 0.296. The number of carbonyl (C=O) groups excluding carboxylic acids is 1. The monoisotopic (exact) mass is 545 g/mol. The Kier molecular flexibility index (Phi) is 8.27. The van der Waals surface area contributed by atoms with Gasteiger partial charge in [0.05, 0.1) is 10.6 Å². The van der Waals surface area contributed by atoms with Crippen molar-refractivity contribution < 1.29 is 35.5 Å². The zero-order valence-corrected chi connectivity index (χ0v) is 20.9. The van der Waals surface area contributed by atoms with E-state index < -0.39 is 51.5 Å². The first kappa shape index (κ1) is 28.5. The van der Waals surface area contributed by atoms with Crippen LogP contribution < -0.4 is 0 Å². The first-order valence-electron chi connectivity index (χ1n) is 11.2. The van der Waals surface area contributed by atoms with Gasteiger partial charge in [-0.3, -0.25) is 4.79 Å². The number of alkyl halides is 3. The van der Waals surface area contributed by atoms with Crippen molar-refractivity contribution in [3.05, 3.63) is 105 Å². The molecule has 0 saturated carbocycles. The number of nitrogens with zero attached hydrogens (tertiary/aromatic N) is 1. The molecule has 0 saturated heterocycles. The molecule has 198 valence electrons. The summed E-state index contributed by atoms with van der Waals surface area (Å²) in [7, 11) is 0. The zero-order valence-electron chi connectivity index (χ0n) is 20.1. The highest BCUT2D eigenvalue weighted by molar-refractivity contribution is 6.31. The maximum absolute atomic E-state index is 14.2. The second-order valence-electron chi connectivity index (χ2n) is 9.58. The lowest BCUT2D eigenvalue weighted by atomic mass is 9.87. The molecule has 0 unspecified atom stereocenters. The Morgan fingerprint density at radius 2 is 1.49 bits per heavy atom. The van der Waals surface area contributed by atoms with Crippen molar-refractivity contribution in [2.24, 2.45) is 0 Å². The van der Waals surface area contributed by atoms with E-state index in [2.05, 4.69) is 0 Å². The Morgan fingerprint density at radius 1 is 0.865 bits per heavy atom. The van der Waals surface area contributed by atoms with E-state index in [-0.39, 0.29) is 30.5 Å². The predicted octanol–water partition coefficient (Wildman–Crippen LogP) is 8.10. The van der Waals surface area contributed by atoms with Crippen LogP contribution in [0.5, 0.6) is 0 Å². The molecule has 0 bridgehead atoms. The minimum Gasteiger partial charge on any atom is -0.334 e. The third-order valence-electron chi connectivity index (χ3n) is 5.83. The van der Waals surface area contributed by atoms with Crippen molar-refractivity contribution in [1.29, 1.82) is 0 Å². The zero-order chi connectivity index (χ0) is 27.7. The van der Waals surface area contributed by atoms with Crippen molar-refractivity contribution in [2.75, 3.05) is 6.54 Å². The third kappa shape index (κ3) is 6.63. The molecule has 3 aromatic carbocycles. The van der Waals surface area contributed by atoms with E-state index in [1.807, 2.05) is 32.9 Å². The van der Waals surface area contributed by atoms with E-state index in [0.29, 0.717) is 11.6 Å². The molecule has 0 radical (unpaired) electrons. The number of rotatable bonds is 6. The Balaban J connectivity index is 1.97. The minimum absolute atomic E-state index is 0.106. The van der Waals surface area contributed by atoms with Gasteiger partial charge in [0.1, 0.15) is 0 Å². The average molecular weight is 546 g/mol. The highest BCUT2D eigenvalue weighted by atomic mass is 35.5. The van der Waals surface area contributed by atoms with Crippen LogP contribution in [0.15, 0.2) is 48.5 Å². The fourth-order valence-electron chi connectivity index (χ4n) is 3.70. The molecule has 0 aliphatic carbocycles. The van der Waals surface area contributed by atoms with Crippen LogP contribution in [0.1, 0.15) is 53.4 Å². The molecule has 0 atom stereocenters. The second-order valence-corrected chi connectivity index (χ2v) is 9.98. The van der Waals surface area contributed by atoms with Crippen molar-refractivity contribution in [1.82, 2.24) is 4.90 Å². The van der Waals surface area contributed by atoms with Crippen molar-refractivity contribution in [3.63, 3.8) is 0 Å². The third-order valence-corrected chi connectivity index (χ3v) is 6.10. The number of carbonyl (C=O) groups is 1. The van der Waals surface area contributed by atoms with Gasteiger partial charge in [0.25, 0.3) is 5.91 Å². The van der Waals surface area contributed by atoms with Gasteiger partial charge in [-0.05, 0) is 46.7 Å². The van der Waals surface area contributed by atoms with E-state index in [1.165, 1.54) is 0 Å². The Labute approximate surface area is 214 Å². The second kappa shape index (κ2) is 10.7. The fourth-order valence-corrected chi connectivity index (χ4v) is 3.92. The standard InChI is InChI=1S/C27H23ClF7NO/c1-26(2,3)18-7-4-15(5-8-18)14-36(11-10-16-6-9-21(29)24(32)22(16)30)25(37)17-12-19(27(33,34)35)23(31)20(28)13-17/h4-9,12-13H,10-11,14H2,1-3H3. The molecule has 0 N–H and O–H groups in total. The van der Waals surface area contributed by atoms with Crippen LogP contribution >= 0.6 is 11.6 Å². The molecule has 10 heteroatoms. The largest absolute Gasteiger partial charge is 0.419 e. The summed E-state index contributed by atoms with van der Waals surface area (Å²) in [5.74, 6) is -7.12. The maximum Gasteiger partial charge on any atom is 0.419 e. The van der Waals surface area contributed by atoms with Crippen LogP contribution in [0.25, 0.3) is 0 Å². The van der Waals surface area contributed by atoms with Crippen LogP contribution in [0.4, 0.5) is 30.7 Å². The Morgan fingerprint density at radius 3 is 2.05 bits per heavy atom. The molecule has 3 aromatic rings. The maximum atomic E-state index is 14.2. The summed E-state index contributed by atoms with van der Waals surface area (Å²) in [5.41, 5.74) is -1.01. The topological polar surface area (TPSA) is 20.3 Å². The van der Waals surface area contributed by atoms with Crippen LogP contribution in [0, 0.1) is 23.3 Å². The molecule has 3 rings (SSSR count). The predicted molar refractivity (Wildman–Crippen MR) is 126 cm³/mol. The van der Waals surface area contributed by atoms with E-state index in [0.717, 1.165) is 28.7 Å². The molecule has 37 heavy (non-hydrogen) atoms. The normalized spacial score (nSPS) is 12.1. The van der Waals surface area contributed by atoms with Crippen molar-refractivity contribution >= 4 is 17.5 Å². The summed E-state index contributed by atoms with van der Waals surface area (Å²) in [4.78, 5) is 14.4. The van der Waals surface area contributed by atoms with Gasteiger partial charge >= 0.3 is 6.18 Å². The average Bonchev–Trinajstić information content (AvgIpc) is 2.81. The summed E-state index contributed by atoms with van der Waals surface area (Å²) < 4.78 is 95.1. The molecular formula is C27H23ClF7NO. The lowest BCUT2D eigenvalue weighted by molar-refractivity contribution is -0.140. The van der Waals surface area contributed by atoms with Gasteiger partial charge in [-0.25, -0.2) is 17.6 Å². The number of hydrogen-bond donors (Lipinski definition) is 0. The summed E-state index contributed by atoms with van der Waals surface area (Å²) >= 11 is 5.65. The highest BCUT2D eigenvalue weighted by Crippen LogP contribution is 2.35. The van der Waals surface area contributed by atoms with Crippen molar-refractivity contribution in [3.8, 4) is 0 Å². The van der Waals surface area contributed by atoms with Gasteiger partial charge in [-0.15, -0.1) is 0 Å². The molecule has 0 fully saturated rings. The van der Waals surface area contributed by atoms with E-state index in [1.54, 1.807) is 12.1 Å². The molecular weight excluding hydrogens is 523 g/mol. The number of amides is 1. The van der Waals surface area contributed by atoms with Gasteiger partial charge in [-0.2, -0.15) is 13.2 Å². The van der Waals surface area contributed by atoms with Gasteiger partial charge in [-0.1, -0.05) is 62.7 Å².